The molecule has 0 heterocycles. The van der Waals surface area contributed by atoms with Crippen molar-refractivity contribution in [2.24, 2.45) is 23.3 Å². The van der Waals surface area contributed by atoms with E-state index in [4.69, 9.17) is 16.2 Å². The normalized spacial score (nSPS) is 15.0. The second-order valence-corrected chi connectivity index (χ2v) is 8.86. The average molecular weight is 444 g/mol. The molecule has 0 aliphatic heterocycles. The van der Waals surface area contributed by atoms with Gasteiger partial charge >= 0.3 is 5.97 Å². The molecular formula is C21H41N5O5. The molecule has 0 unspecified atom stereocenters. The van der Waals surface area contributed by atoms with Crippen LogP contribution in [0.4, 0.5) is 0 Å². The monoisotopic (exact) mass is 443 g/mol. The zero-order valence-corrected chi connectivity index (χ0v) is 19.7. The van der Waals surface area contributed by atoms with Crippen LogP contribution in [0.1, 0.15) is 60.8 Å². The number of nitrogens with two attached hydrogens (primary N) is 2. The van der Waals surface area contributed by atoms with Gasteiger partial charge in [0.25, 0.3) is 0 Å². The van der Waals surface area contributed by atoms with Crippen LogP contribution >= 0.6 is 0 Å². The lowest BCUT2D eigenvalue weighted by Crippen LogP contribution is -2.55. The van der Waals surface area contributed by atoms with E-state index in [-0.39, 0.29) is 37.5 Å². The third-order valence-corrected chi connectivity index (χ3v) is 4.29. The maximum absolute atomic E-state index is 12.5. The number of hydrogen-bond acceptors (Lipinski definition) is 7. The molecule has 10 heteroatoms. The zero-order chi connectivity index (χ0) is 24.1. The highest BCUT2D eigenvalue weighted by molar-refractivity contribution is 5.92. The SMILES string of the molecule is CC(C)C[C@H](NC(=O)[C@H](C)NC(=O)[C@@H](N)CC(C)C)C(=O)NCCC(=O)OC[C@H](C)N. The zero-order valence-electron chi connectivity index (χ0n) is 19.7. The third-order valence-electron chi connectivity index (χ3n) is 4.29. The molecule has 0 bridgehead atoms. The molecule has 3 amide bonds. The first kappa shape index (κ1) is 28.8. The molecule has 0 aromatic carbocycles. The van der Waals surface area contributed by atoms with Crippen LogP contribution in [0.25, 0.3) is 0 Å². The van der Waals surface area contributed by atoms with Crippen LogP contribution in [0.15, 0.2) is 0 Å². The lowest BCUT2D eigenvalue weighted by Gasteiger charge is -2.23. The van der Waals surface area contributed by atoms with Crippen LogP contribution in [0.5, 0.6) is 0 Å². The topological polar surface area (TPSA) is 166 Å². The van der Waals surface area contributed by atoms with Crippen molar-refractivity contribution in [1.29, 1.82) is 0 Å². The molecule has 0 radical (unpaired) electrons. The summed E-state index contributed by atoms with van der Waals surface area (Å²) in [6.07, 6.45) is 0.909. The van der Waals surface area contributed by atoms with Gasteiger partial charge in [-0.2, -0.15) is 0 Å². The number of ether oxygens (including phenoxy) is 1. The predicted molar refractivity (Wildman–Crippen MR) is 119 cm³/mol. The Morgan fingerprint density at radius 1 is 0.806 bits per heavy atom. The number of amides is 3. The summed E-state index contributed by atoms with van der Waals surface area (Å²) in [6, 6.07) is -2.60. The minimum atomic E-state index is -0.846. The molecule has 0 aromatic rings. The molecular weight excluding hydrogens is 402 g/mol. The van der Waals surface area contributed by atoms with Gasteiger partial charge in [0.05, 0.1) is 12.5 Å². The Balaban J connectivity index is 4.71. The van der Waals surface area contributed by atoms with E-state index >= 15 is 0 Å². The maximum Gasteiger partial charge on any atom is 0.307 e. The summed E-state index contributed by atoms with van der Waals surface area (Å²) in [5, 5.41) is 7.89. The summed E-state index contributed by atoms with van der Waals surface area (Å²) in [5.41, 5.74) is 11.4. The minimum Gasteiger partial charge on any atom is -0.464 e. The van der Waals surface area contributed by atoms with Gasteiger partial charge in [-0.1, -0.05) is 27.7 Å². The Kier molecular flexibility index (Phi) is 13.7. The fourth-order valence-electron chi connectivity index (χ4n) is 2.71. The lowest BCUT2D eigenvalue weighted by molar-refractivity contribution is -0.144. The van der Waals surface area contributed by atoms with Crippen molar-refractivity contribution in [2.75, 3.05) is 13.2 Å². The van der Waals surface area contributed by atoms with E-state index in [9.17, 15) is 19.2 Å². The molecule has 0 saturated heterocycles. The van der Waals surface area contributed by atoms with E-state index in [1.54, 1.807) is 6.92 Å². The number of nitrogens with one attached hydrogen (secondary N) is 3. The van der Waals surface area contributed by atoms with Gasteiger partial charge in [0.1, 0.15) is 18.7 Å². The molecule has 10 nitrogen and oxygen atoms in total. The Morgan fingerprint density at radius 2 is 1.39 bits per heavy atom. The lowest BCUT2D eigenvalue weighted by atomic mass is 10.0. The van der Waals surface area contributed by atoms with Gasteiger partial charge in [0.15, 0.2) is 0 Å². The number of carbonyl (C=O) groups is 4. The van der Waals surface area contributed by atoms with Gasteiger partial charge in [0.2, 0.25) is 17.7 Å². The van der Waals surface area contributed by atoms with Crippen molar-refractivity contribution >= 4 is 23.7 Å². The van der Waals surface area contributed by atoms with E-state index in [1.807, 2.05) is 27.7 Å². The Morgan fingerprint density at radius 3 is 1.90 bits per heavy atom. The van der Waals surface area contributed by atoms with E-state index in [1.165, 1.54) is 6.92 Å². The first-order chi connectivity index (χ1) is 14.3. The first-order valence-electron chi connectivity index (χ1n) is 10.9. The summed E-state index contributed by atoms with van der Waals surface area (Å²) >= 11 is 0. The van der Waals surface area contributed by atoms with E-state index in [0.29, 0.717) is 12.8 Å². The second-order valence-electron chi connectivity index (χ2n) is 8.86. The molecule has 0 saturated carbocycles. The summed E-state index contributed by atoms with van der Waals surface area (Å²) in [4.78, 5) is 48.8. The molecule has 0 spiro atoms. The molecule has 4 atom stereocenters. The van der Waals surface area contributed by atoms with Gasteiger partial charge in [0, 0.05) is 12.6 Å². The van der Waals surface area contributed by atoms with Gasteiger partial charge in [-0.15, -0.1) is 0 Å². The van der Waals surface area contributed by atoms with Crippen LogP contribution < -0.4 is 27.4 Å². The van der Waals surface area contributed by atoms with E-state index in [0.717, 1.165) is 0 Å². The van der Waals surface area contributed by atoms with E-state index < -0.39 is 41.8 Å². The predicted octanol–water partition coefficient (Wildman–Crippen LogP) is -0.208. The van der Waals surface area contributed by atoms with Crippen molar-refractivity contribution in [3.63, 3.8) is 0 Å². The highest BCUT2D eigenvalue weighted by Crippen LogP contribution is 2.06. The fraction of sp³-hybridized carbons (Fsp3) is 0.810. The number of rotatable bonds is 14. The van der Waals surface area contributed by atoms with Gasteiger partial charge in [-0.3, -0.25) is 19.2 Å². The summed E-state index contributed by atoms with van der Waals surface area (Å²) in [6.45, 7) is 11.2. The maximum atomic E-state index is 12.5. The van der Waals surface area contributed by atoms with Crippen molar-refractivity contribution in [3.05, 3.63) is 0 Å². The van der Waals surface area contributed by atoms with Crippen molar-refractivity contribution in [1.82, 2.24) is 16.0 Å². The second kappa shape index (κ2) is 14.7. The molecule has 0 rings (SSSR count). The van der Waals surface area contributed by atoms with Gasteiger partial charge in [-0.25, -0.2) is 0 Å². The Bertz CT molecular complexity index is 595. The average Bonchev–Trinajstić information content (AvgIpc) is 2.64. The molecule has 0 aliphatic rings. The molecule has 31 heavy (non-hydrogen) atoms. The molecule has 0 aliphatic carbocycles. The van der Waals surface area contributed by atoms with Crippen LogP contribution in [0.2, 0.25) is 0 Å². The largest absolute Gasteiger partial charge is 0.464 e. The van der Waals surface area contributed by atoms with Crippen LogP contribution in [0.3, 0.4) is 0 Å². The summed E-state index contributed by atoms with van der Waals surface area (Å²) < 4.78 is 4.95. The van der Waals surface area contributed by atoms with Crippen LogP contribution in [-0.4, -0.2) is 61.0 Å². The summed E-state index contributed by atoms with van der Waals surface area (Å²) in [7, 11) is 0. The highest BCUT2D eigenvalue weighted by Gasteiger charge is 2.26. The first-order valence-corrected chi connectivity index (χ1v) is 10.9. The molecule has 180 valence electrons. The quantitative estimate of drug-likeness (QED) is 0.232. The third kappa shape index (κ3) is 13.7. The van der Waals surface area contributed by atoms with Crippen molar-refractivity contribution in [2.45, 2.75) is 85.0 Å². The smallest absolute Gasteiger partial charge is 0.307 e. The van der Waals surface area contributed by atoms with Crippen molar-refractivity contribution < 1.29 is 23.9 Å². The highest BCUT2D eigenvalue weighted by atomic mass is 16.5. The Hall–Kier alpha value is -2.20. The van der Waals surface area contributed by atoms with Gasteiger partial charge < -0.3 is 32.2 Å². The molecule has 0 fully saturated rings. The van der Waals surface area contributed by atoms with Crippen molar-refractivity contribution in [3.8, 4) is 0 Å². The fourth-order valence-corrected chi connectivity index (χ4v) is 2.71. The minimum absolute atomic E-state index is 0.000997. The molecule has 0 aromatic heterocycles. The number of hydrogen-bond donors (Lipinski definition) is 5. The number of carbonyl (C=O) groups excluding carboxylic acids is 4. The van der Waals surface area contributed by atoms with Crippen LogP contribution in [0, 0.1) is 11.8 Å². The van der Waals surface area contributed by atoms with Gasteiger partial charge in [-0.05, 0) is 38.5 Å². The summed E-state index contributed by atoms with van der Waals surface area (Å²) in [5.74, 6) is -1.38. The standard InChI is InChI=1S/C21H41N5O5/c1-12(2)9-16(23)20(29)25-15(6)19(28)26-17(10-13(3)4)21(30)24-8-7-18(27)31-11-14(5)22/h12-17H,7-11,22-23H2,1-6H3,(H,24,30)(H,25,29)(H,26,28)/t14-,15-,16-,17-/m0/s1. The number of esters is 1. The Labute approximate surface area is 185 Å². The van der Waals surface area contributed by atoms with E-state index in [2.05, 4.69) is 16.0 Å². The molecule has 7 N–H and O–H groups in total. The van der Waals surface area contributed by atoms with Crippen LogP contribution in [-0.2, 0) is 23.9 Å².